The van der Waals surface area contributed by atoms with Gasteiger partial charge in [-0.25, -0.2) is 0 Å². The van der Waals surface area contributed by atoms with Gasteiger partial charge in [-0.15, -0.1) is 0 Å². The smallest absolute Gasteiger partial charge is 0.261 e. The van der Waals surface area contributed by atoms with Crippen LogP contribution in [0.4, 0.5) is 0 Å². The van der Waals surface area contributed by atoms with Gasteiger partial charge < -0.3 is 24.8 Å². The number of rotatable bonds is 12. The van der Waals surface area contributed by atoms with E-state index in [0.717, 1.165) is 37.7 Å². The third kappa shape index (κ3) is 7.64. The number of carbonyl (C=O) groups excluding carboxylic acids is 2. The molecule has 1 atom stereocenters. The van der Waals surface area contributed by atoms with Crippen LogP contribution in [0.1, 0.15) is 69.4 Å². The lowest BCUT2D eigenvalue weighted by Crippen LogP contribution is -2.43. The molecule has 1 aliphatic carbocycles. The van der Waals surface area contributed by atoms with Crippen molar-refractivity contribution in [3.05, 3.63) is 53.6 Å². The van der Waals surface area contributed by atoms with E-state index in [4.69, 9.17) is 19.9 Å². The highest BCUT2D eigenvalue weighted by atomic mass is 16.5. The van der Waals surface area contributed by atoms with Crippen molar-refractivity contribution in [2.24, 2.45) is 5.73 Å². The fourth-order valence-electron chi connectivity index (χ4n) is 4.45. The number of ether oxygens (including phenoxy) is 3. The molecule has 1 unspecified atom stereocenters. The second-order valence-corrected chi connectivity index (χ2v) is 9.22. The minimum atomic E-state index is -0.556. The molecule has 0 radical (unpaired) electrons. The van der Waals surface area contributed by atoms with Crippen molar-refractivity contribution in [1.29, 1.82) is 0 Å². The van der Waals surface area contributed by atoms with Crippen LogP contribution in [-0.2, 0) is 16.1 Å². The van der Waals surface area contributed by atoms with E-state index in [2.05, 4.69) is 26.0 Å². The summed E-state index contributed by atoms with van der Waals surface area (Å²) in [5, 5.41) is 0. The predicted molar refractivity (Wildman–Crippen MR) is 136 cm³/mol. The van der Waals surface area contributed by atoms with Crippen LogP contribution in [0.15, 0.2) is 42.5 Å². The summed E-state index contributed by atoms with van der Waals surface area (Å²) in [6, 6.07) is 13.7. The van der Waals surface area contributed by atoms with Crippen LogP contribution >= 0.6 is 0 Å². The quantitative estimate of drug-likeness (QED) is 0.469. The Hall–Kier alpha value is -3.22. The highest BCUT2D eigenvalue weighted by Gasteiger charge is 2.26. The van der Waals surface area contributed by atoms with E-state index in [9.17, 15) is 9.59 Å². The van der Waals surface area contributed by atoms with Crippen LogP contribution in [0.5, 0.6) is 17.2 Å². The number of nitrogens with zero attached hydrogens (tertiary/aromatic N) is 1. The minimum absolute atomic E-state index is 0.00385. The number of nitrogens with two attached hydrogens (primary N) is 1. The van der Waals surface area contributed by atoms with Gasteiger partial charge in [0.15, 0.2) is 24.7 Å². The first-order valence-electron chi connectivity index (χ1n) is 12.5. The zero-order chi connectivity index (χ0) is 25.2. The molecular formula is C28H38N2O5. The van der Waals surface area contributed by atoms with Gasteiger partial charge >= 0.3 is 0 Å². The summed E-state index contributed by atoms with van der Waals surface area (Å²) in [5.41, 5.74) is 7.37. The summed E-state index contributed by atoms with van der Waals surface area (Å²) in [6.07, 6.45) is 6.51. The van der Waals surface area contributed by atoms with Crippen molar-refractivity contribution in [2.45, 2.75) is 70.9 Å². The average Bonchev–Trinajstić information content (AvgIpc) is 2.89. The first-order valence-corrected chi connectivity index (χ1v) is 12.5. The lowest BCUT2D eigenvalue weighted by molar-refractivity contribution is -0.137. The standard InChI is InChI=1S/C28H38N2O5/c1-4-20(2)22-11-13-24(14-12-22)34-19-28(32)30(23-8-6-5-7-9-23)17-21-10-15-25(26(16-21)33-3)35-18-27(29)31/h10-16,20,23H,4-9,17-19H2,1-3H3,(H2,29,31). The number of methoxy groups -OCH3 is 1. The Morgan fingerprint density at radius 3 is 2.34 bits per heavy atom. The largest absolute Gasteiger partial charge is 0.493 e. The third-order valence-corrected chi connectivity index (χ3v) is 6.71. The van der Waals surface area contributed by atoms with Gasteiger partial charge in [-0.2, -0.15) is 0 Å². The Balaban J connectivity index is 1.70. The zero-order valence-corrected chi connectivity index (χ0v) is 21.1. The van der Waals surface area contributed by atoms with Gasteiger partial charge in [0.05, 0.1) is 7.11 Å². The molecule has 0 saturated heterocycles. The first-order chi connectivity index (χ1) is 16.9. The molecule has 35 heavy (non-hydrogen) atoms. The Morgan fingerprint density at radius 2 is 1.71 bits per heavy atom. The van der Waals surface area contributed by atoms with Crippen LogP contribution in [0, 0.1) is 0 Å². The van der Waals surface area contributed by atoms with E-state index in [1.165, 1.54) is 12.0 Å². The van der Waals surface area contributed by atoms with Gasteiger partial charge in [0, 0.05) is 12.6 Å². The van der Waals surface area contributed by atoms with Crippen LogP contribution in [0.2, 0.25) is 0 Å². The summed E-state index contributed by atoms with van der Waals surface area (Å²) >= 11 is 0. The average molecular weight is 483 g/mol. The molecule has 2 N–H and O–H groups in total. The molecule has 190 valence electrons. The second-order valence-electron chi connectivity index (χ2n) is 9.22. The fourth-order valence-corrected chi connectivity index (χ4v) is 4.45. The number of hydrogen-bond acceptors (Lipinski definition) is 5. The van der Waals surface area contributed by atoms with Crippen molar-refractivity contribution in [3.63, 3.8) is 0 Å². The van der Waals surface area contributed by atoms with Crippen molar-refractivity contribution in [3.8, 4) is 17.2 Å². The molecule has 2 aromatic rings. The van der Waals surface area contributed by atoms with E-state index >= 15 is 0 Å². The Kier molecular flexibility index (Phi) is 9.82. The predicted octanol–water partition coefficient (Wildman–Crippen LogP) is 4.81. The third-order valence-electron chi connectivity index (χ3n) is 6.71. The van der Waals surface area contributed by atoms with Crippen molar-refractivity contribution < 1.29 is 23.8 Å². The lowest BCUT2D eigenvalue weighted by atomic mass is 9.93. The highest BCUT2D eigenvalue weighted by Crippen LogP contribution is 2.30. The summed E-state index contributed by atoms with van der Waals surface area (Å²) in [7, 11) is 1.54. The highest BCUT2D eigenvalue weighted by molar-refractivity contribution is 5.78. The van der Waals surface area contributed by atoms with Gasteiger partial charge in [0.1, 0.15) is 5.75 Å². The maximum atomic E-state index is 13.3. The molecule has 0 bridgehead atoms. The molecule has 1 aliphatic rings. The maximum Gasteiger partial charge on any atom is 0.261 e. The maximum absolute atomic E-state index is 13.3. The molecule has 7 nitrogen and oxygen atoms in total. The van der Waals surface area contributed by atoms with Crippen LogP contribution in [0.25, 0.3) is 0 Å². The van der Waals surface area contributed by atoms with Gasteiger partial charge in [-0.1, -0.05) is 51.3 Å². The van der Waals surface area contributed by atoms with E-state index < -0.39 is 5.91 Å². The van der Waals surface area contributed by atoms with E-state index in [-0.39, 0.29) is 25.2 Å². The van der Waals surface area contributed by atoms with Crippen LogP contribution in [-0.4, -0.2) is 43.1 Å². The number of amides is 2. The van der Waals surface area contributed by atoms with Gasteiger partial charge in [0.25, 0.3) is 11.8 Å². The summed E-state index contributed by atoms with van der Waals surface area (Å²) in [6.45, 7) is 4.60. The molecule has 2 aromatic carbocycles. The van der Waals surface area contributed by atoms with Crippen molar-refractivity contribution in [2.75, 3.05) is 20.3 Å². The number of hydrogen-bond donors (Lipinski definition) is 1. The normalized spacial score (nSPS) is 14.7. The monoisotopic (exact) mass is 482 g/mol. The number of carbonyl (C=O) groups is 2. The van der Waals surface area contributed by atoms with Crippen molar-refractivity contribution in [1.82, 2.24) is 4.90 Å². The van der Waals surface area contributed by atoms with E-state index in [1.54, 1.807) is 13.2 Å². The molecule has 3 rings (SSSR count). The molecule has 0 spiro atoms. The molecular weight excluding hydrogens is 444 g/mol. The van der Waals surface area contributed by atoms with Crippen molar-refractivity contribution >= 4 is 11.8 Å². The summed E-state index contributed by atoms with van der Waals surface area (Å²) < 4.78 is 16.8. The van der Waals surface area contributed by atoms with E-state index in [0.29, 0.717) is 29.7 Å². The Labute approximate surface area is 208 Å². The molecule has 0 heterocycles. The summed E-state index contributed by atoms with van der Waals surface area (Å²) in [4.78, 5) is 26.3. The van der Waals surface area contributed by atoms with Crippen LogP contribution < -0.4 is 19.9 Å². The molecule has 0 aromatic heterocycles. The summed E-state index contributed by atoms with van der Waals surface area (Å²) in [5.74, 6) is 1.55. The van der Waals surface area contributed by atoms with Crippen LogP contribution in [0.3, 0.4) is 0 Å². The number of benzene rings is 2. The van der Waals surface area contributed by atoms with E-state index in [1.807, 2.05) is 29.2 Å². The topological polar surface area (TPSA) is 91.1 Å². The molecule has 1 saturated carbocycles. The first kappa shape index (κ1) is 26.4. The second kappa shape index (κ2) is 13.0. The zero-order valence-electron chi connectivity index (χ0n) is 21.1. The van der Waals surface area contributed by atoms with Gasteiger partial charge in [0.2, 0.25) is 0 Å². The SMILES string of the molecule is CCC(C)c1ccc(OCC(=O)N(Cc2ccc(OCC(N)=O)c(OC)c2)C2CCCCC2)cc1. The molecule has 2 amide bonds. The van der Waals surface area contributed by atoms with Gasteiger partial charge in [-0.05, 0) is 60.6 Å². The minimum Gasteiger partial charge on any atom is -0.493 e. The van der Waals surface area contributed by atoms with Gasteiger partial charge in [-0.3, -0.25) is 9.59 Å². The Bertz CT molecular complexity index is 970. The molecule has 1 fully saturated rings. The number of primary amides is 1. The molecule has 7 heteroatoms. The Morgan fingerprint density at radius 1 is 1.00 bits per heavy atom. The fraction of sp³-hybridized carbons (Fsp3) is 0.500. The lowest BCUT2D eigenvalue weighted by Gasteiger charge is -2.34. The molecule has 0 aliphatic heterocycles.